The molecule has 1 aromatic carbocycles. The topological polar surface area (TPSA) is 87.7 Å². The van der Waals surface area contributed by atoms with Gasteiger partial charge in [0, 0.05) is 12.6 Å². The summed E-state index contributed by atoms with van der Waals surface area (Å²) in [6, 6.07) is 5.88. The Morgan fingerprint density at radius 1 is 1.05 bits per heavy atom. The third-order valence-electron chi connectivity index (χ3n) is 6.11. The van der Waals surface area contributed by atoms with E-state index in [0.717, 1.165) is 37.7 Å². The highest BCUT2D eigenvalue weighted by molar-refractivity contribution is 5.92. The molecule has 0 saturated heterocycles. The van der Waals surface area contributed by atoms with E-state index < -0.39 is 23.8 Å². The van der Waals surface area contributed by atoms with Gasteiger partial charge in [0.2, 0.25) is 11.8 Å². The smallest absolute Gasteiger partial charge is 0.408 e. The molecule has 38 heavy (non-hydrogen) atoms. The zero-order chi connectivity index (χ0) is 28.9. The number of nitrogens with zero attached hydrogens (tertiary/aromatic N) is 1. The minimum Gasteiger partial charge on any atom is -0.444 e. The molecule has 7 nitrogen and oxygen atoms in total. The lowest BCUT2D eigenvalue weighted by Gasteiger charge is -2.35. The first kappa shape index (κ1) is 33.2. The number of hydrogen-bond donors (Lipinski definition) is 2. The Balaban J connectivity index is 3.55. The van der Waals surface area contributed by atoms with Crippen LogP contribution in [0, 0.1) is 5.92 Å². The second-order valence-corrected chi connectivity index (χ2v) is 11.5. The van der Waals surface area contributed by atoms with E-state index in [4.69, 9.17) is 4.74 Å². The first-order chi connectivity index (χ1) is 17.8. The molecule has 3 amide bonds. The van der Waals surface area contributed by atoms with E-state index in [0.29, 0.717) is 18.5 Å². The molecule has 0 aliphatic heterocycles. The van der Waals surface area contributed by atoms with Crippen LogP contribution in [0.25, 0.3) is 6.08 Å². The molecule has 0 aliphatic carbocycles. The molecule has 1 rings (SSSR count). The predicted octanol–water partition coefficient (Wildman–Crippen LogP) is 6.63. The summed E-state index contributed by atoms with van der Waals surface area (Å²) < 4.78 is 5.47. The predicted molar refractivity (Wildman–Crippen MR) is 156 cm³/mol. The standard InChI is InChI=1S/C31H51N3O4/c1-10-13-14-19-34(29(36)26(20-22(4)5)33-30(37)38-31(7,8)9)27(28(35)32-23(6)16-11-2)25-18-15-17-24(12-3)21-25/h12,15,17-18,21-23,26-27H,3,10-11,13-14,16,19-20H2,1-2,4-9H3,(H,32,35)(H,33,37). The number of benzene rings is 1. The Labute approximate surface area is 230 Å². The number of carbonyl (C=O) groups is 3. The van der Waals surface area contributed by atoms with Crippen molar-refractivity contribution in [1.82, 2.24) is 15.5 Å². The largest absolute Gasteiger partial charge is 0.444 e. The number of nitrogens with one attached hydrogen (secondary N) is 2. The fourth-order valence-corrected chi connectivity index (χ4v) is 4.40. The number of unbranched alkanes of at least 4 members (excludes halogenated alkanes) is 2. The third-order valence-corrected chi connectivity index (χ3v) is 6.11. The van der Waals surface area contributed by atoms with Gasteiger partial charge in [0.1, 0.15) is 17.7 Å². The second kappa shape index (κ2) is 16.2. The molecule has 3 atom stereocenters. The number of amides is 3. The number of hydrogen-bond acceptors (Lipinski definition) is 4. The molecule has 0 radical (unpaired) electrons. The maximum Gasteiger partial charge on any atom is 0.408 e. The van der Waals surface area contributed by atoms with Crippen molar-refractivity contribution in [2.24, 2.45) is 5.92 Å². The molecular formula is C31H51N3O4. The van der Waals surface area contributed by atoms with Crippen LogP contribution in [0.3, 0.4) is 0 Å². The summed E-state index contributed by atoms with van der Waals surface area (Å²) in [4.78, 5) is 42.4. The molecule has 0 bridgehead atoms. The fraction of sp³-hybridized carbons (Fsp3) is 0.645. The van der Waals surface area contributed by atoms with Crippen LogP contribution in [0.4, 0.5) is 4.79 Å². The molecule has 1 aromatic rings. The zero-order valence-electron chi connectivity index (χ0n) is 24.9. The molecule has 0 heterocycles. The first-order valence-electron chi connectivity index (χ1n) is 14.2. The summed E-state index contributed by atoms with van der Waals surface area (Å²) in [7, 11) is 0. The molecule has 3 unspecified atom stereocenters. The molecule has 0 fully saturated rings. The van der Waals surface area contributed by atoms with Gasteiger partial charge in [-0.3, -0.25) is 9.59 Å². The third kappa shape index (κ3) is 11.7. The van der Waals surface area contributed by atoms with Gasteiger partial charge in [0.25, 0.3) is 0 Å². The van der Waals surface area contributed by atoms with E-state index in [1.165, 1.54) is 0 Å². The van der Waals surface area contributed by atoms with Gasteiger partial charge >= 0.3 is 6.09 Å². The molecular weight excluding hydrogens is 478 g/mol. The molecule has 7 heteroatoms. The van der Waals surface area contributed by atoms with E-state index in [-0.39, 0.29) is 23.8 Å². The van der Waals surface area contributed by atoms with Gasteiger partial charge in [-0.1, -0.05) is 77.8 Å². The fourth-order valence-electron chi connectivity index (χ4n) is 4.40. The molecule has 0 spiro atoms. The minimum absolute atomic E-state index is 0.0310. The van der Waals surface area contributed by atoms with Gasteiger partial charge in [0.15, 0.2) is 0 Å². The van der Waals surface area contributed by atoms with Gasteiger partial charge in [-0.2, -0.15) is 0 Å². The van der Waals surface area contributed by atoms with Crippen LogP contribution in [-0.4, -0.2) is 47.0 Å². The van der Waals surface area contributed by atoms with E-state index >= 15 is 0 Å². The molecule has 214 valence electrons. The molecule has 2 N–H and O–H groups in total. The van der Waals surface area contributed by atoms with E-state index in [9.17, 15) is 14.4 Å². The van der Waals surface area contributed by atoms with Crippen molar-refractivity contribution < 1.29 is 19.1 Å². The Morgan fingerprint density at radius 2 is 1.74 bits per heavy atom. The van der Waals surface area contributed by atoms with Crippen LogP contribution < -0.4 is 10.6 Å². The average molecular weight is 530 g/mol. The minimum atomic E-state index is -0.839. The average Bonchev–Trinajstić information content (AvgIpc) is 2.81. The maximum absolute atomic E-state index is 14.2. The van der Waals surface area contributed by atoms with Crippen LogP contribution in [0.5, 0.6) is 0 Å². The Hall–Kier alpha value is -2.83. The molecule has 0 aliphatic rings. The number of rotatable bonds is 15. The van der Waals surface area contributed by atoms with Crippen LogP contribution in [0.1, 0.15) is 111 Å². The summed E-state index contributed by atoms with van der Waals surface area (Å²) >= 11 is 0. The van der Waals surface area contributed by atoms with Crippen LogP contribution in [0.2, 0.25) is 0 Å². The quantitative estimate of drug-likeness (QED) is 0.250. The summed E-state index contributed by atoms with van der Waals surface area (Å²) in [5, 5.41) is 5.93. The zero-order valence-corrected chi connectivity index (χ0v) is 24.9. The lowest BCUT2D eigenvalue weighted by Crippen LogP contribution is -2.54. The number of alkyl carbamates (subject to hydrolysis) is 1. The second-order valence-electron chi connectivity index (χ2n) is 11.5. The van der Waals surface area contributed by atoms with Crippen molar-refractivity contribution in [3.63, 3.8) is 0 Å². The van der Waals surface area contributed by atoms with Crippen molar-refractivity contribution in [3.05, 3.63) is 42.0 Å². The van der Waals surface area contributed by atoms with Crippen LogP contribution in [-0.2, 0) is 14.3 Å². The maximum atomic E-state index is 14.2. The lowest BCUT2D eigenvalue weighted by molar-refractivity contribution is -0.143. The van der Waals surface area contributed by atoms with Crippen molar-refractivity contribution in [2.75, 3.05) is 6.54 Å². The van der Waals surface area contributed by atoms with Gasteiger partial charge in [-0.25, -0.2) is 4.79 Å². The molecule has 0 saturated carbocycles. The monoisotopic (exact) mass is 529 g/mol. The van der Waals surface area contributed by atoms with E-state index in [2.05, 4.69) is 31.1 Å². The Bertz CT molecular complexity index is 907. The highest BCUT2D eigenvalue weighted by atomic mass is 16.6. The highest BCUT2D eigenvalue weighted by Gasteiger charge is 2.36. The number of carbonyl (C=O) groups excluding carboxylic acids is 3. The van der Waals surface area contributed by atoms with Crippen LogP contribution in [0.15, 0.2) is 30.8 Å². The van der Waals surface area contributed by atoms with Gasteiger partial charge in [-0.15, -0.1) is 0 Å². The van der Waals surface area contributed by atoms with Crippen molar-refractivity contribution in [3.8, 4) is 0 Å². The van der Waals surface area contributed by atoms with Gasteiger partial charge < -0.3 is 20.3 Å². The van der Waals surface area contributed by atoms with E-state index in [1.807, 2.05) is 45.0 Å². The highest BCUT2D eigenvalue weighted by Crippen LogP contribution is 2.26. The number of ether oxygens (including phenoxy) is 1. The van der Waals surface area contributed by atoms with Gasteiger partial charge in [0.05, 0.1) is 0 Å². The summed E-state index contributed by atoms with van der Waals surface area (Å²) in [5.41, 5.74) is 0.890. The van der Waals surface area contributed by atoms with Crippen molar-refractivity contribution >= 4 is 24.0 Å². The van der Waals surface area contributed by atoms with E-state index in [1.54, 1.807) is 31.7 Å². The summed E-state index contributed by atoms with van der Waals surface area (Å²) in [6.45, 7) is 19.8. The van der Waals surface area contributed by atoms with Crippen LogP contribution >= 0.6 is 0 Å². The lowest BCUT2D eigenvalue weighted by atomic mass is 9.97. The van der Waals surface area contributed by atoms with Crippen molar-refractivity contribution in [1.29, 1.82) is 0 Å². The Kier molecular flexibility index (Phi) is 14.2. The molecule has 0 aromatic heterocycles. The SMILES string of the molecule is C=Cc1cccc(C(C(=O)NC(C)CCC)N(CCCCC)C(=O)C(CC(C)C)NC(=O)OC(C)(C)C)c1. The first-order valence-corrected chi connectivity index (χ1v) is 14.2. The van der Waals surface area contributed by atoms with Gasteiger partial charge in [-0.05, 0) is 70.1 Å². The summed E-state index contributed by atoms with van der Waals surface area (Å²) in [6.07, 6.45) is 5.94. The van der Waals surface area contributed by atoms with Crippen molar-refractivity contribution in [2.45, 2.75) is 118 Å². The normalized spacial score (nSPS) is 13.8. The summed E-state index contributed by atoms with van der Waals surface area (Å²) in [5.74, 6) is -0.372. The Morgan fingerprint density at radius 3 is 2.29 bits per heavy atom.